The number of likely N-dealkylation sites (tertiary alicyclic amines) is 1. The maximum Gasteiger partial charge on any atom is 0.0941 e. The van der Waals surface area contributed by atoms with E-state index in [1.807, 2.05) is 24.0 Å². The lowest BCUT2D eigenvalue weighted by Crippen LogP contribution is -2.29. The molecule has 38 heavy (non-hydrogen) atoms. The van der Waals surface area contributed by atoms with Gasteiger partial charge in [-0.1, -0.05) is 86.4 Å². The van der Waals surface area contributed by atoms with Crippen LogP contribution < -0.4 is 5.32 Å². The van der Waals surface area contributed by atoms with Gasteiger partial charge in [0.2, 0.25) is 0 Å². The van der Waals surface area contributed by atoms with Gasteiger partial charge in [0.1, 0.15) is 0 Å². The second-order valence-electron chi connectivity index (χ2n) is 9.54. The third-order valence-electron chi connectivity index (χ3n) is 6.98. The Bertz CT molecular complexity index is 1210. The van der Waals surface area contributed by atoms with E-state index >= 15 is 0 Å². The van der Waals surface area contributed by atoms with Gasteiger partial charge in [-0.2, -0.15) is 5.10 Å². The number of hydrogen-bond donors (Lipinski definition) is 1. The van der Waals surface area contributed by atoms with Gasteiger partial charge in [0.15, 0.2) is 0 Å². The molecule has 1 aliphatic carbocycles. The predicted octanol–water partition coefficient (Wildman–Crippen LogP) is 7.40. The minimum Gasteiger partial charge on any atom is -0.368 e. The molecule has 2 aliphatic rings. The highest BCUT2D eigenvalue weighted by atomic mass is 32.2. The Kier molecular flexibility index (Phi) is 10.5. The summed E-state index contributed by atoms with van der Waals surface area (Å²) >= 11 is 1.87. The summed E-state index contributed by atoms with van der Waals surface area (Å²) < 4.78 is 2.14. The standard InChI is InChI=1S/C33H40N4S/c1-4-6-7-8-11-14-23-37-33(21-22-35-37)32-26-36(25-31(32)29-15-12-9-10-13-16-29)27(3)34-24-28-17-19-30(20-18-28)38-5-2/h4,7-12,14-22,31-32,34H,1,3,5-6,13,23-26H2,2H3/b8-7-,14-11-. The van der Waals surface area contributed by atoms with Crippen LogP contribution in [0.25, 0.3) is 0 Å². The van der Waals surface area contributed by atoms with Crippen LogP contribution in [0.5, 0.6) is 0 Å². The van der Waals surface area contributed by atoms with E-state index in [-0.39, 0.29) is 0 Å². The maximum atomic E-state index is 4.68. The minimum atomic E-state index is 0.333. The molecule has 5 heteroatoms. The first kappa shape index (κ1) is 27.6. The molecule has 1 aliphatic heterocycles. The number of nitrogens with zero attached hydrogens (tertiary/aromatic N) is 3. The van der Waals surface area contributed by atoms with Gasteiger partial charge in [-0.3, -0.25) is 4.68 Å². The van der Waals surface area contributed by atoms with Gasteiger partial charge < -0.3 is 10.2 Å². The van der Waals surface area contributed by atoms with Gasteiger partial charge >= 0.3 is 0 Å². The highest BCUT2D eigenvalue weighted by Crippen LogP contribution is 2.39. The van der Waals surface area contributed by atoms with Gasteiger partial charge in [0, 0.05) is 48.3 Å². The Balaban J connectivity index is 1.46. The molecule has 1 saturated heterocycles. The zero-order valence-corrected chi connectivity index (χ0v) is 23.3. The van der Waals surface area contributed by atoms with E-state index in [4.69, 9.17) is 0 Å². The molecule has 198 valence electrons. The number of thioether (sulfide) groups is 1. The minimum absolute atomic E-state index is 0.333. The molecular formula is C33H40N4S. The van der Waals surface area contributed by atoms with Gasteiger partial charge in [0.25, 0.3) is 0 Å². The third kappa shape index (κ3) is 7.55. The Morgan fingerprint density at radius 3 is 2.74 bits per heavy atom. The average Bonchev–Trinajstić information content (AvgIpc) is 3.49. The number of benzene rings is 1. The number of nitrogens with one attached hydrogen (secondary N) is 1. The summed E-state index contributed by atoms with van der Waals surface area (Å²) in [6, 6.07) is 11.0. The second kappa shape index (κ2) is 14.5. The molecule has 1 N–H and O–H groups in total. The molecule has 1 aromatic carbocycles. The van der Waals surface area contributed by atoms with Crippen LogP contribution in [0.3, 0.4) is 0 Å². The van der Waals surface area contributed by atoms with Crippen LogP contribution in [0.1, 0.15) is 36.9 Å². The van der Waals surface area contributed by atoms with Crippen LogP contribution in [-0.4, -0.2) is 33.5 Å². The Morgan fingerprint density at radius 2 is 1.92 bits per heavy atom. The first-order valence-corrected chi connectivity index (χ1v) is 14.5. The van der Waals surface area contributed by atoms with E-state index in [2.05, 4.69) is 125 Å². The normalized spacial score (nSPS) is 19.3. The molecule has 0 spiro atoms. The molecule has 1 fully saturated rings. The highest BCUT2D eigenvalue weighted by molar-refractivity contribution is 7.99. The van der Waals surface area contributed by atoms with Crippen molar-refractivity contribution in [2.75, 3.05) is 18.8 Å². The van der Waals surface area contributed by atoms with Gasteiger partial charge in [-0.15, -0.1) is 18.3 Å². The van der Waals surface area contributed by atoms with Crippen LogP contribution in [0, 0.1) is 5.92 Å². The summed E-state index contributed by atoms with van der Waals surface area (Å²) in [6.45, 7) is 13.8. The van der Waals surface area contributed by atoms with Crippen molar-refractivity contribution in [2.24, 2.45) is 5.92 Å². The van der Waals surface area contributed by atoms with Crippen molar-refractivity contribution >= 4 is 11.8 Å². The molecule has 4 nitrogen and oxygen atoms in total. The highest BCUT2D eigenvalue weighted by Gasteiger charge is 2.37. The summed E-state index contributed by atoms with van der Waals surface area (Å²) in [5.41, 5.74) is 3.95. The fourth-order valence-corrected chi connectivity index (χ4v) is 5.68. The van der Waals surface area contributed by atoms with Crippen molar-refractivity contribution in [2.45, 2.75) is 43.7 Å². The lowest BCUT2D eigenvalue weighted by Gasteiger charge is -2.23. The molecule has 4 rings (SSSR count). The molecule has 1 aromatic heterocycles. The van der Waals surface area contributed by atoms with Crippen molar-refractivity contribution in [1.29, 1.82) is 0 Å². The van der Waals surface area contributed by atoms with E-state index in [1.54, 1.807) is 0 Å². The Morgan fingerprint density at radius 1 is 1.11 bits per heavy atom. The van der Waals surface area contributed by atoms with Gasteiger partial charge in [0.05, 0.1) is 12.4 Å². The van der Waals surface area contributed by atoms with Crippen LogP contribution in [0.4, 0.5) is 0 Å². The number of allylic oxidation sites excluding steroid dienone is 10. The Hall–Kier alpha value is -3.44. The average molecular weight is 525 g/mol. The van der Waals surface area contributed by atoms with Crippen molar-refractivity contribution in [3.63, 3.8) is 0 Å². The first-order valence-electron chi connectivity index (χ1n) is 13.6. The van der Waals surface area contributed by atoms with Crippen molar-refractivity contribution in [1.82, 2.24) is 20.0 Å². The molecule has 2 atom stereocenters. The molecule has 0 amide bonds. The van der Waals surface area contributed by atoms with Crippen molar-refractivity contribution in [3.05, 3.63) is 133 Å². The molecule has 2 aromatic rings. The van der Waals surface area contributed by atoms with Crippen LogP contribution >= 0.6 is 11.8 Å². The predicted molar refractivity (Wildman–Crippen MR) is 163 cm³/mol. The molecule has 2 heterocycles. The molecule has 0 saturated carbocycles. The van der Waals surface area contributed by atoms with Crippen molar-refractivity contribution < 1.29 is 0 Å². The maximum absolute atomic E-state index is 4.68. The third-order valence-corrected chi connectivity index (χ3v) is 7.87. The topological polar surface area (TPSA) is 33.1 Å². The van der Waals surface area contributed by atoms with E-state index in [0.717, 1.165) is 50.6 Å². The SMILES string of the molecule is C=CC/C=C\C=C/Cn1nccc1C1CN(C(=C)NCc2ccc(SCC)cc2)CC1C1=CCC=CC=C1. The fourth-order valence-electron chi connectivity index (χ4n) is 5.02. The summed E-state index contributed by atoms with van der Waals surface area (Å²) in [6.07, 6.45) is 25.3. The van der Waals surface area contributed by atoms with Gasteiger partial charge in [-0.05, 0) is 47.9 Å². The Labute approximate surface area is 232 Å². The molecule has 2 unspecified atom stereocenters. The lowest BCUT2D eigenvalue weighted by atomic mass is 9.85. The zero-order valence-electron chi connectivity index (χ0n) is 22.5. The largest absolute Gasteiger partial charge is 0.368 e. The monoisotopic (exact) mass is 524 g/mol. The zero-order chi connectivity index (χ0) is 26.6. The number of aromatic nitrogens is 2. The van der Waals surface area contributed by atoms with E-state index < -0.39 is 0 Å². The van der Waals surface area contributed by atoms with Crippen LogP contribution in [0.2, 0.25) is 0 Å². The van der Waals surface area contributed by atoms with E-state index in [1.165, 1.54) is 21.7 Å². The van der Waals surface area contributed by atoms with Crippen molar-refractivity contribution in [3.8, 4) is 0 Å². The molecule has 0 bridgehead atoms. The summed E-state index contributed by atoms with van der Waals surface area (Å²) in [7, 11) is 0. The van der Waals surface area contributed by atoms with Crippen LogP contribution in [0.15, 0.2) is 127 Å². The molecule has 0 radical (unpaired) electrons. The van der Waals surface area contributed by atoms with E-state index in [9.17, 15) is 0 Å². The second-order valence-corrected chi connectivity index (χ2v) is 10.9. The van der Waals surface area contributed by atoms with Crippen LogP contribution in [-0.2, 0) is 13.1 Å². The quantitative estimate of drug-likeness (QED) is 0.168. The summed E-state index contributed by atoms with van der Waals surface area (Å²) in [5, 5.41) is 8.27. The summed E-state index contributed by atoms with van der Waals surface area (Å²) in [5.74, 6) is 2.79. The van der Waals surface area contributed by atoms with E-state index in [0.29, 0.717) is 11.8 Å². The summed E-state index contributed by atoms with van der Waals surface area (Å²) in [4.78, 5) is 3.73. The molecular weight excluding hydrogens is 484 g/mol. The number of rotatable bonds is 13. The first-order chi connectivity index (χ1) is 18.7. The smallest absolute Gasteiger partial charge is 0.0941 e. The number of hydrogen-bond acceptors (Lipinski definition) is 4. The lowest BCUT2D eigenvalue weighted by molar-refractivity contribution is 0.379. The van der Waals surface area contributed by atoms with Gasteiger partial charge in [-0.25, -0.2) is 0 Å². The fraction of sp³-hybridized carbons (Fsp3) is 0.303.